The van der Waals surface area contributed by atoms with Gasteiger partial charge >= 0.3 is 5.97 Å². The molecular formula is C10H16O3. The zero-order chi connectivity index (χ0) is 10.1. The molecule has 1 heterocycles. The molecule has 13 heavy (non-hydrogen) atoms. The lowest BCUT2D eigenvalue weighted by molar-refractivity contribution is -0.199. The van der Waals surface area contributed by atoms with Gasteiger partial charge in [-0.3, -0.25) is 0 Å². The second-order valence-electron chi connectivity index (χ2n) is 3.99. The van der Waals surface area contributed by atoms with Crippen LogP contribution in [0.1, 0.15) is 20.8 Å². The summed E-state index contributed by atoms with van der Waals surface area (Å²) in [6.45, 7) is 10.2. The Labute approximate surface area is 78.7 Å². The fraction of sp³-hybridized carbons (Fsp3) is 0.700. The van der Waals surface area contributed by atoms with Gasteiger partial charge in [-0.05, 0) is 20.8 Å². The minimum absolute atomic E-state index is 0.143. The van der Waals surface area contributed by atoms with E-state index in [-0.39, 0.29) is 11.6 Å². The molecule has 0 bridgehead atoms. The van der Waals surface area contributed by atoms with E-state index in [9.17, 15) is 4.79 Å². The maximum atomic E-state index is 11.0. The SMILES string of the molecule is C=C(C)C(=O)OCC1COC1(C)C. The summed E-state index contributed by atoms with van der Waals surface area (Å²) in [5.41, 5.74) is 0.299. The minimum atomic E-state index is -0.317. The molecule has 1 saturated heterocycles. The minimum Gasteiger partial charge on any atom is -0.462 e. The molecule has 0 aromatic rings. The zero-order valence-corrected chi connectivity index (χ0v) is 8.42. The van der Waals surface area contributed by atoms with Crippen molar-refractivity contribution in [3.8, 4) is 0 Å². The van der Waals surface area contributed by atoms with Gasteiger partial charge in [-0.15, -0.1) is 0 Å². The Morgan fingerprint density at radius 1 is 1.69 bits per heavy atom. The third-order valence-electron chi connectivity index (χ3n) is 2.40. The molecule has 1 aliphatic heterocycles. The topological polar surface area (TPSA) is 35.5 Å². The van der Waals surface area contributed by atoms with Crippen LogP contribution in [0, 0.1) is 5.92 Å². The monoisotopic (exact) mass is 184 g/mol. The number of rotatable bonds is 3. The van der Waals surface area contributed by atoms with E-state index in [1.807, 2.05) is 13.8 Å². The van der Waals surface area contributed by atoms with Crippen LogP contribution in [-0.4, -0.2) is 24.8 Å². The highest BCUT2D eigenvalue weighted by Gasteiger charge is 2.40. The summed E-state index contributed by atoms with van der Waals surface area (Å²) in [7, 11) is 0. The van der Waals surface area contributed by atoms with Gasteiger partial charge < -0.3 is 9.47 Å². The molecule has 1 atom stereocenters. The van der Waals surface area contributed by atoms with Crippen LogP contribution in [0.2, 0.25) is 0 Å². The van der Waals surface area contributed by atoms with Crippen molar-refractivity contribution in [2.24, 2.45) is 5.92 Å². The van der Waals surface area contributed by atoms with E-state index < -0.39 is 0 Å². The van der Waals surface area contributed by atoms with Crippen molar-refractivity contribution in [1.29, 1.82) is 0 Å². The molecule has 0 aliphatic carbocycles. The predicted molar refractivity (Wildman–Crippen MR) is 49.3 cm³/mol. The Morgan fingerprint density at radius 3 is 2.62 bits per heavy atom. The van der Waals surface area contributed by atoms with Gasteiger partial charge in [-0.2, -0.15) is 0 Å². The quantitative estimate of drug-likeness (QED) is 0.493. The number of ether oxygens (including phenoxy) is 2. The van der Waals surface area contributed by atoms with Gasteiger partial charge in [0.2, 0.25) is 0 Å². The van der Waals surface area contributed by atoms with Gasteiger partial charge in [0.25, 0.3) is 0 Å². The molecule has 0 amide bonds. The van der Waals surface area contributed by atoms with E-state index in [1.165, 1.54) is 0 Å². The van der Waals surface area contributed by atoms with E-state index >= 15 is 0 Å². The fourth-order valence-corrected chi connectivity index (χ4v) is 1.08. The van der Waals surface area contributed by atoms with Crippen molar-refractivity contribution in [2.75, 3.05) is 13.2 Å². The summed E-state index contributed by atoms with van der Waals surface area (Å²) in [6, 6.07) is 0. The number of carbonyl (C=O) groups excluding carboxylic acids is 1. The molecule has 3 heteroatoms. The first-order valence-electron chi connectivity index (χ1n) is 4.40. The van der Waals surface area contributed by atoms with E-state index in [0.717, 1.165) is 0 Å². The first kappa shape index (κ1) is 10.3. The van der Waals surface area contributed by atoms with Crippen LogP contribution in [0.15, 0.2) is 12.2 Å². The summed E-state index contributed by atoms with van der Waals surface area (Å²) in [5.74, 6) is -0.00139. The molecule has 1 fully saturated rings. The van der Waals surface area contributed by atoms with E-state index in [4.69, 9.17) is 9.47 Å². The fourth-order valence-electron chi connectivity index (χ4n) is 1.08. The van der Waals surface area contributed by atoms with Crippen molar-refractivity contribution in [2.45, 2.75) is 26.4 Å². The second-order valence-corrected chi connectivity index (χ2v) is 3.99. The van der Waals surface area contributed by atoms with Crippen molar-refractivity contribution >= 4 is 5.97 Å². The molecule has 0 saturated carbocycles. The smallest absolute Gasteiger partial charge is 0.333 e. The molecule has 0 aromatic carbocycles. The summed E-state index contributed by atoms with van der Waals surface area (Å²) in [6.07, 6.45) is 0. The molecular weight excluding hydrogens is 168 g/mol. The number of carbonyl (C=O) groups is 1. The second kappa shape index (κ2) is 3.50. The molecule has 0 radical (unpaired) electrons. The first-order valence-corrected chi connectivity index (χ1v) is 4.40. The van der Waals surface area contributed by atoms with Crippen molar-refractivity contribution < 1.29 is 14.3 Å². The lowest BCUT2D eigenvalue weighted by Gasteiger charge is -2.43. The summed E-state index contributed by atoms with van der Waals surface area (Å²) >= 11 is 0. The number of hydrogen-bond donors (Lipinski definition) is 0. The molecule has 1 unspecified atom stereocenters. The maximum Gasteiger partial charge on any atom is 0.333 e. The largest absolute Gasteiger partial charge is 0.462 e. The van der Waals surface area contributed by atoms with Gasteiger partial charge in [0.15, 0.2) is 0 Å². The van der Waals surface area contributed by atoms with Gasteiger partial charge in [0.1, 0.15) is 0 Å². The Kier molecular flexibility index (Phi) is 2.76. The van der Waals surface area contributed by atoms with E-state index in [2.05, 4.69) is 6.58 Å². The van der Waals surface area contributed by atoms with Crippen molar-refractivity contribution in [1.82, 2.24) is 0 Å². The number of esters is 1. The standard InChI is InChI=1S/C10H16O3/c1-7(2)9(11)12-5-8-6-13-10(8,3)4/h8H,1,5-6H2,2-4H3. The first-order chi connectivity index (χ1) is 5.93. The van der Waals surface area contributed by atoms with Crippen LogP contribution in [0.4, 0.5) is 0 Å². The van der Waals surface area contributed by atoms with Crippen LogP contribution in [0.5, 0.6) is 0 Å². The van der Waals surface area contributed by atoms with Crippen LogP contribution in [-0.2, 0) is 14.3 Å². The molecule has 1 aliphatic rings. The molecule has 3 nitrogen and oxygen atoms in total. The zero-order valence-electron chi connectivity index (χ0n) is 8.42. The predicted octanol–water partition coefficient (Wildman–Crippen LogP) is 1.53. The van der Waals surface area contributed by atoms with Crippen molar-refractivity contribution in [3.63, 3.8) is 0 Å². The molecule has 74 valence electrons. The molecule has 1 rings (SSSR count). The number of hydrogen-bond acceptors (Lipinski definition) is 3. The Balaban J connectivity index is 2.28. The van der Waals surface area contributed by atoms with Gasteiger partial charge in [-0.1, -0.05) is 6.58 Å². The highest BCUT2D eigenvalue weighted by atomic mass is 16.6. The van der Waals surface area contributed by atoms with Gasteiger partial charge in [0.05, 0.1) is 18.8 Å². The summed E-state index contributed by atoms with van der Waals surface area (Å²) < 4.78 is 10.3. The highest BCUT2D eigenvalue weighted by Crippen LogP contribution is 2.32. The van der Waals surface area contributed by atoms with Gasteiger partial charge in [-0.25, -0.2) is 4.79 Å². The lowest BCUT2D eigenvalue weighted by Crippen LogP contribution is -2.51. The third kappa shape index (κ3) is 2.31. The average Bonchev–Trinajstić information content (AvgIpc) is 2.02. The van der Waals surface area contributed by atoms with E-state index in [1.54, 1.807) is 6.92 Å². The van der Waals surface area contributed by atoms with Crippen molar-refractivity contribution in [3.05, 3.63) is 12.2 Å². The molecule has 0 aromatic heterocycles. The average molecular weight is 184 g/mol. The van der Waals surface area contributed by atoms with Crippen LogP contribution in [0.3, 0.4) is 0 Å². The van der Waals surface area contributed by atoms with Gasteiger partial charge in [0, 0.05) is 11.5 Å². The van der Waals surface area contributed by atoms with Crippen LogP contribution < -0.4 is 0 Å². The highest BCUT2D eigenvalue weighted by molar-refractivity contribution is 5.86. The molecule has 0 spiro atoms. The third-order valence-corrected chi connectivity index (χ3v) is 2.40. The Hall–Kier alpha value is -0.830. The summed E-state index contributed by atoms with van der Waals surface area (Å²) in [4.78, 5) is 11.0. The Morgan fingerprint density at radius 2 is 2.31 bits per heavy atom. The van der Waals surface area contributed by atoms with Crippen LogP contribution >= 0.6 is 0 Å². The molecule has 0 N–H and O–H groups in total. The summed E-state index contributed by atoms with van der Waals surface area (Å²) in [5, 5.41) is 0. The normalized spacial score (nSPS) is 24.7. The van der Waals surface area contributed by atoms with E-state index in [0.29, 0.717) is 24.7 Å². The van der Waals surface area contributed by atoms with Crippen LogP contribution in [0.25, 0.3) is 0 Å². The lowest BCUT2D eigenvalue weighted by atomic mass is 9.87. The Bertz CT molecular complexity index is 230. The maximum absolute atomic E-state index is 11.0.